The molecule has 1 aliphatic carbocycles. The molecule has 0 heterocycles. The lowest BCUT2D eigenvalue weighted by Crippen LogP contribution is -2.38. The smallest absolute Gasteiger partial charge is 0.0285 e. The van der Waals surface area contributed by atoms with Crippen molar-refractivity contribution < 1.29 is 0 Å². The van der Waals surface area contributed by atoms with Crippen molar-refractivity contribution in [1.29, 1.82) is 0 Å². The molecule has 0 atom stereocenters. The lowest BCUT2D eigenvalue weighted by Gasteiger charge is -2.25. The summed E-state index contributed by atoms with van der Waals surface area (Å²) in [7, 11) is 0. The van der Waals surface area contributed by atoms with Crippen molar-refractivity contribution in [2.45, 2.75) is 31.5 Å². The Balaban J connectivity index is 1.70. The third-order valence-electron chi connectivity index (χ3n) is 3.93. The zero-order valence-electron chi connectivity index (χ0n) is 11.8. The Morgan fingerprint density at radius 3 is 1.65 bits per heavy atom. The van der Waals surface area contributed by atoms with Crippen LogP contribution in [-0.2, 0) is 13.1 Å². The molecule has 0 unspecified atom stereocenters. The van der Waals surface area contributed by atoms with Crippen LogP contribution in [0.15, 0.2) is 60.7 Å². The first-order chi connectivity index (χ1) is 9.73. The van der Waals surface area contributed by atoms with Crippen LogP contribution in [0.5, 0.6) is 0 Å². The molecule has 2 aromatic rings. The molecule has 1 fully saturated rings. The first-order valence-corrected chi connectivity index (χ1v) is 7.33. The molecule has 20 heavy (non-hydrogen) atoms. The Morgan fingerprint density at radius 1 is 0.800 bits per heavy atom. The van der Waals surface area contributed by atoms with Gasteiger partial charge in [-0.05, 0) is 24.0 Å². The summed E-state index contributed by atoms with van der Waals surface area (Å²) in [5, 5.41) is 0. The Labute approximate surface area is 121 Å². The predicted molar refractivity (Wildman–Crippen MR) is 83.2 cm³/mol. The fourth-order valence-electron chi connectivity index (χ4n) is 2.61. The lowest BCUT2D eigenvalue weighted by molar-refractivity contribution is 0.233. The van der Waals surface area contributed by atoms with Crippen LogP contribution in [0.2, 0.25) is 0 Å². The largest absolute Gasteiger partial charge is 0.324 e. The Bertz CT molecular complexity index is 490. The van der Waals surface area contributed by atoms with Crippen LogP contribution in [-0.4, -0.2) is 17.0 Å². The second-order valence-electron chi connectivity index (χ2n) is 5.98. The summed E-state index contributed by atoms with van der Waals surface area (Å²) in [6.07, 6.45) is 2.32. The van der Waals surface area contributed by atoms with Crippen LogP contribution in [0.4, 0.5) is 0 Å². The molecule has 2 nitrogen and oxygen atoms in total. The van der Waals surface area contributed by atoms with Crippen molar-refractivity contribution in [3.8, 4) is 0 Å². The third-order valence-corrected chi connectivity index (χ3v) is 3.93. The molecule has 104 valence electrons. The molecule has 2 N–H and O–H groups in total. The summed E-state index contributed by atoms with van der Waals surface area (Å²) in [5.74, 6) is 0. The lowest BCUT2D eigenvalue weighted by atomic mass is 10.1. The van der Waals surface area contributed by atoms with Gasteiger partial charge in [-0.1, -0.05) is 60.7 Å². The highest BCUT2D eigenvalue weighted by Gasteiger charge is 2.39. The van der Waals surface area contributed by atoms with Gasteiger partial charge < -0.3 is 5.73 Å². The van der Waals surface area contributed by atoms with E-state index in [1.807, 2.05) is 0 Å². The van der Waals surface area contributed by atoms with Gasteiger partial charge in [-0.2, -0.15) is 0 Å². The van der Waals surface area contributed by atoms with Gasteiger partial charge in [0.2, 0.25) is 0 Å². The van der Waals surface area contributed by atoms with Crippen molar-refractivity contribution in [3.63, 3.8) is 0 Å². The summed E-state index contributed by atoms with van der Waals surface area (Å²) in [5.41, 5.74) is 9.08. The maximum atomic E-state index is 6.31. The van der Waals surface area contributed by atoms with Gasteiger partial charge in [0.25, 0.3) is 0 Å². The van der Waals surface area contributed by atoms with Gasteiger partial charge in [-0.15, -0.1) is 0 Å². The minimum atomic E-state index is 0.0591. The molecule has 2 heteroatoms. The summed E-state index contributed by atoms with van der Waals surface area (Å²) >= 11 is 0. The number of benzene rings is 2. The molecule has 0 aromatic heterocycles. The van der Waals surface area contributed by atoms with Crippen LogP contribution in [0.3, 0.4) is 0 Å². The number of nitrogens with zero attached hydrogens (tertiary/aromatic N) is 1. The first kappa shape index (κ1) is 13.3. The average molecular weight is 266 g/mol. The van der Waals surface area contributed by atoms with E-state index in [0.29, 0.717) is 0 Å². The third kappa shape index (κ3) is 3.69. The first-order valence-electron chi connectivity index (χ1n) is 7.33. The predicted octanol–water partition coefficient (Wildman–Crippen LogP) is 3.18. The van der Waals surface area contributed by atoms with Gasteiger partial charge in [0.1, 0.15) is 0 Å². The zero-order chi connectivity index (χ0) is 13.8. The molecular weight excluding hydrogens is 244 g/mol. The number of hydrogen-bond acceptors (Lipinski definition) is 2. The van der Waals surface area contributed by atoms with Crippen molar-refractivity contribution in [1.82, 2.24) is 4.90 Å². The van der Waals surface area contributed by atoms with Crippen LogP contribution < -0.4 is 5.73 Å². The molecule has 2 aromatic carbocycles. The highest BCUT2D eigenvalue weighted by Crippen LogP contribution is 2.33. The molecule has 0 aliphatic heterocycles. The van der Waals surface area contributed by atoms with Crippen molar-refractivity contribution in [3.05, 3.63) is 71.8 Å². The molecule has 0 amide bonds. The average Bonchev–Trinajstić information content (AvgIpc) is 3.18. The van der Waals surface area contributed by atoms with Gasteiger partial charge in [0, 0.05) is 25.2 Å². The summed E-state index contributed by atoms with van der Waals surface area (Å²) in [6, 6.07) is 21.3. The Morgan fingerprint density at radius 2 is 1.25 bits per heavy atom. The number of hydrogen-bond donors (Lipinski definition) is 1. The van der Waals surface area contributed by atoms with E-state index in [9.17, 15) is 0 Å². The monoisotopic (exact) mass is 266 g/mol. The standard InChI is InChI=1S/C18H22N2/c19-18(11-12-18)15-20(13-16-7-3-1-4-8-16)14-17-9-5-2-6-10-17/h1-10H,11-15,19H2. The normalized spacial score (nSPS) is 16.3. The molecule has 0 radical (unpaired) electrons. The SMILES string of the molecule is NC1(CN(Cc2ccccc2)Cc2ccccc2)CC1. The van der Waals surface area contributed by atoms with Gasteiger partial charge in [-0.25, -0.2) is 0 Å². The Kier molecular flexibility index (Phi) is 3.86. The van der Waals surface area contributed by atoms with Crippen LogP contribution in [0.1, 0.15) is 24.0 Å². The minimum Gasteiger partial charge on any atom is -0.324 e. The van der Waals surface area contributed by atoms with Crippen molar-refractivity contribution in [2.75, 3.05) is 6.54 Å². The number of nitrogens with two attached hydrogens (primary N) is 1. The maximum absolute atomic E-state index is 6.31. The van der Waals surface area contributed by atoms with E-state index in [1.54, 1.807) is 0 Å². The van der Waals surface area contributed by atoms with E-state index in [1.165, 1.54) is 11.1 Å². The topological polar surface area (TPSA) is 29.3 Å². The molecule has 0 bridgehead atoms. The molecule has 0 spiro atoms. The quantitative estimate of drug-likeness (QED) is 0.870. The van der Waals surface area contributed by atoms with E-state index < -0.39 is 0 Å². The number of rotatable bonds is 6. The fraction of sp³-hybridized carbons (Fsp3) is 0.333. The molecule has 1 saturated carbocycles. The van der Waals surface area contributed by atoms with Crippen molar-refractivity contribution >= 4 is 0 Å². The fourth-order valence-corrected chi connectivity index (χ4v) is 2.61. The van der Waals surface area contributed by atoms with E-state index in [2.05, 4.69) is 65.6 Å². The zero-order valence-corrected chi connectivity index (χ0v) is 11.8. The summed E-state index contributed by atoms with van der Waals surface area (Å²) < 4.78 is 0. The molecule has 0 saturated heterocycles. The van der Waals surface area contributed by atoms with Gasteiger partial charge >= 0.3 is 0 Å². The molecule has 1 aliphatic rings. The van der Waals surface area contributed by atoms with Gasteiger partial charge in [0.05, 0.1) is 0 Å². The summed E-state index contributed by atoms with van der Waals surface area (Å²) in [6.45, 7) is 2.92. The molecule has 3 rings (SSSR count). The molecular formula is C18H22N2. The van der Waals surface area contributed by atoms with E-state index in [0.717, 1.165) is 32.5 Å². The van der Waals surface area contributed by atoms with Gasteiger partial charge in [-0.3, -0.25) is 4.90 Å². The summed E-state index contributed by atoms with van der Waals surface area (Å²) in [4.78, 5) is 2.47. The van der Waals surface area contributed by atoms with Crippen molar-refractivity contribution in [2.24, 2.45) is 5.73 Å². The van der Waals surface area contributed by atoms with Crippen LogP contribution in [0.25, 0.3) is 0 Å². The highest BCUT2D eigenvalue weighted by molar-refractivity contribution is 5.17. The van der Waals surface area contributed by atoms with E-state index >= 15 is 0 Å². The second-order valence-corrected chi connectivity index (χ2v) is 5.98. The van der Waals surface area contributed by atoms with Gasteiger partial charge in [0.15, 0.2) is 0 Å². The second kappa shape index (κ2) is 5.78. The minimum absolute atomic E-state index is 0.0591. The van der Waals surface area contributed by atoms with E-state index in [4.69, 9.17) is 5.73 Å². The Hall–Kier alpha value is -1.64. The highest BCUT2D eigenvalue weighted by atomic mass is 15.2. The maximum Gasteiger partial charge on any atom is 0.0285 e. The van der Waals surface area contributed by atoms with E-state index in [-0.39, 0.29) is 5.54 Å². The van der Waals surface area contributed by atoms with Crippen LogP contribution in [0, 0.1) is 0 Å². The van der Waals surface area contributed by atoms with Crippen LogP contribution >= 0.6 is 0 Å².